The van der Waals surface area contributed by atoms with Gasteiger partial charge in [0.2, 0.25) is 34.2 Å². The molecule has 1 heterocycles. The highest BCUT2D eigenvalue weighted by Crippen LogP contribution is 2.33. The van der Waals surface area contributed by atoms with Gasteiger partial charge in [-0.1, -0.05) is 73.6 Å². The van der Waals surface area contributed by atoms with Crippen LogP contribution in [0.25, 0.3) is 0 Å². The third-order valence-electron chi connectivity index (χ3n) is 9.30. The van der Waals surface area contributed by atoms with Crippen molar-refractivity contribution in [3.8, 4) is 0 Å². The molecular weight excluding hydrogens is 689 g/mol. The van der Waals surface area contributed by atoms with Gasteiger partial charge >= 0.3 is 6.03 Å². The van der Waals surface area contributed by atoms with Crippen LogP contribution in [0.3, 0.4) is 0 Å². The summed E-state index contributed by atoms with van der Waals surface area (Å²) in [6.45, 7) is 14.5. The van der Waals surface area contributed by atoms with Crippen LogP contribution in [-0.4, -0.2) is 105 Å². The maximum absolute atomic E-state index is 14.3. The van der Waals surface area contributed by atoms with Gasteiger partial charge in [-0.15, -0.1) is 0 Å². The minimum absolute atomic E-state index is 0.0230. The predicted molar refractivity (Wildman–Crippen MR) is 190 cm³/mol. The Morgan fingerprint density at radius 3 is 2.10 bits per heavy atom. The lowest BCUT2D eigenvalue weighted by atomic mass is 9.84. The van der Waals surface area contributed by atoms with E-state index in [-0.39, 0.29) is 37.9 Å². The monoisotopic (exact) mass is 746 g/mol. The van der Waals surface area contributed by atoms with Crippen molar-refractivity contribution >= 4 is 33.8 Å². The van der Waals surface area contributed by atoms with Crippen LogP contribution >= 0.6 is 0 Å². The van der Waals surface area contributed by atoms with Gasteiger partial charge in [0.05, 0.1) is 6.26 Å². The molecule has 12 nitrogen and oxygen atoms in total. The van der Waals surface area contributed by atoms with Crippen LogP contribution < -0.4 is 21.3 Å². The molecule has 0 radical (unpaired) electrons. The molecule has 1 aliphatic heterocycles. The van der Waals surface area contributed by atoms with Crippen LogP contribution in [0.5, 0.6) is 0 Å². The van der Waals surface area contributed by atoms with Crippen molar-refractivity contribution in [2.45, 2.75) is 105 Å². The lowest BCUT2D eigenvalue weighted by Gasteiger charge is -2.38. The van der Waals surface area contributed by atoms with E-state index in [2.05, 4.69) is 21.3 Å². The number of amides is 5. The molecule has 5 atom stereocenters. The first-order valence-corrected chi connectivity index (χ1v) is 19.1. The highest BCUT2D eigenvalue weighted by Gasteiger charge is 2.48. The number of nitrogens with zero attached hydrogens (tertiary/aromatic N) is 2. The van der Waals surface area contributed by atoms with Gasteiger partial charge in [0.15, 0.2) is 0 Å². The quantitative estimate of drug-likeness (QED) is 0.215. The van der Waals surface area contributed by atoms with Crippen LogP contribution in [0.2, 0.25) is 0 Å². The molecule has 1 aromatic rings. The average Bonchev–Trinajstić information content (AvgIpc) is 3.44. The van der Waals surface area contributed by atoms with E-state index in [1.807, 2.05) is 34.6 Å². The summed E-state index contributed by atoms with van der Waals surface area (Å²) in [7, 11) is -2.14. The first kappa shape index (κ1) is 43.8. The molecular formula is C35H57F3N6O6S. The third kappa shape index (κ3) is 13.0. The van der Waals surface area contributed by atoms with Gasteiger partial charge in [-0.2, -0.15) is 0 Å². The van der Waals surface area contributed by atoms with Gasteiger partial charge in [-0.3, -0.25) is 14.4 Å². The highest BCUT2D eigenvalue weighted by atomic mass is 32.2. The third-order valence-corrected chi connectivity index (χ3v) is 10.6. The number of rotatable bonds is 15. The van der Waals surface area contributed by atoms with Crippen molar-refractivity contribution in [1.82, 2.24) is 30.5 Å². The van der Waals surface area contributed by atoms with E-state index < -0.39 is 87.4 Å². The van der Waals surface area contributed by atoms with Crippen LogP contribution in [0.1, 0.15) is 73.8 Å². The predicted octanol–water partition coefficient (Wildman–Crippen LogP) is 3.52. The molecule has 1 fully saturated rings. The lowest BCUT2D eigenvalue weighted by molar-refractivity contribution is -0.144. The molecule has 0 spiro atoms. The lowest BCUT2D eigenvalue weighted by Crippen LogP contribution is -2.62. The molecule has 16 heteroatoms. The molecule has 0 bridgehead atoms. The number of benzene rings is 1. The van der Waals surface area contributed by atoms with Crippen LogP contribution in [0, 0.1) is 28.5 Å². The Kier molecular flexibility index (Phi) is 15.3. The zero-order chi connectivity index (χ0) is 39.1. The average molecular weight is 747 g/mol. The van der Waals surface area contributed by atoms with Gasteiger partial charge in [0, 0.05) is 39.1 Å². The van der Waals surface area contributed by atoms with Crippen molar-refractivity contribution in [1.29, 1.82) is 0 Å². The standard InChI is InChI=1S/C35H57F3N6O6S/c1-21(2)23-16-18-44(28(23)31(46)40-25(19-27(37)38)30(45)39-17-15-22-13-11-12-14-24(22)36)32(47)29(35(6,7)8)42-33(48)41-26(34(3,4)5)20-43(9)51(10,49)50/h11-14,21,23,25-29H,15-20H2,1-10H3,(H,39,45)(H,40,46)(H2,41,42,48)/t23-,25+,26-,28+,29-/m1/s1. The van der Waals surface area contributed by atoms with Gasteiger partial charge in [0.25, 0.3) is 0 Å². The molecule has 4 N–H and O–H groups in total. The number of likely N-dealkylation sites (N-methyl/N-ethyl adjacent to an activating group) is 1. The molecule has 290 valence electrons. The summed E-state index contributed by atoms with van der Waals surface area (Å²) >= 11 is 0. The van der Waals surface area contributed by atoms with Crippen LogP contribution in [0.15, 0.2) is 24.3 Å². The first-order valence-electron chi connectivity index (χ1n) is 17.2. The van der Waals surface area contributed by atoms with E-state index in [0.29, 0.717) is 12.0 Å². The Morgan fingerprint density at radius 1 is 0.980 bits per heavy atom. The normalized spacial score (nSPS) is 18.8. The second-order valence-electron chi connectivity index (χ2n) is 15.9. The van der Waals surface area contributed by atoms with Crippen LogP contribution in [-0.2, 0) is 30.8 Å². The van der Waals surface area contributed by atoms with E-state index in [4.69, 9.17) is 0 Å². The number of carbonyl (C=O) groups excluding carboxylic acids is 4. The summed E-state index contributed by atoms with van der Waals surface area (Å²) in [5.74, 6) is -3.16. The largest absolute Gasteiger partial charge is 0.354 e. The van der Waals surface area contributed by atoms with Crippen molar-refractivity contribution in [3.63, 3.8) is 0 Å². The Balaban J connectivity index is 2.30. The zero-order valence-corrected chi connectivity index (χ0v) is 32.3. The number of nitrogens with one attached hydrogen (secondary N) is 4. The van der Waals surface area contributed by atoms with Crippen LogP contribution in [0.4, 0.5) is 18.0 Å². The van der Waals surface area contributed by atoms with E-state index in [9.17, 15) is 40.8 Å². The fourth-order valence-corrected chi connectivity index (χ4v) is 6.40. The first-order chi connectivity index (χ1) is 23.3. The molecule has 5 amide bonds. The molecule has 1 saturated heterocycles. The maximum atomic E-state index is 14.3. The number of carbonyl (C=O) groups is 4. The summed E-state index contributed by atoms with van der Waals surface area (Å²) in [5.41, 5.74) is -1.10. The molecule has 1 aromatic carbocycles. The summed E-state index contributed by atoms with van der Waals surface area (Å²) in [5, 5.41) is 10.5. The van der Waals surface area contributed by atoms with Gasteiger partial charge in [0.1, 0.15) is 23.9 Å². The van der Waals surface area contributed by atoms with E-state index >= 15 is 0 Å². The Hall–Kier alpha value is -3.40. The summed E-state index contributed by atoms with van der Waals surface area (Å²) < 4.78 is 66.6. The van der Waals surface area contributed by atoms with Crippen molar-refractivity contribution in [2.75, 3.05) is 32.9 Å². The molecule has 1 aliphatic rings. The second-order valence-corrected chi connectivity index (χ2v) is 18.0. The fraction of sp³-hybridized carbons (Fsp3) is 0.714. The highest BCUT2D eigenvalue weighted by molar-refractivity contribution is 7.88. The minimum atomic E-state index is -3.55. The zero-order valence-electron chi connectivity index (χ0n) is 31.5. The molecule has 0 aromatic heterocycles. The molecule has 51 heavy (non-hydrogen) atoms. The van der Waals surface area contributed by atoms with E-state index in [1.54, 1.807) is 32.9 Å². The summed E-state index contributed by atoms with van der Waals surface area (Å²) in [6.07, 6.45) is -2.32. The van der Waals surface area contributed by atoms with Gasteiger partial charge in [-0.05, 0) is 47.1 Å². The number of likely N-dealkylation sites (tertiary alicyclic amines) is 1. The number of halogens is 3. The second kappa shape index (κ2) is 17.9. The van der Waals surface area contributed by atoms with Crippen molar-refractivity contribution in [2.24, 2.45) is 22.7 Å². The number of hydrogen-bond acceptors (Lipinski definition) is 6. The summed E-state index contributed by atoms with van der Waals surface area (Å²) in [4.78, 5) is 56.0. The van der Waals surface area contributed by atoms with E-state index in [0.717, 1.165) is 10.6 Å². The Labute approximate surface area is 301 Å². The smallest absolute Gasteiger partial charge is 0.315 e. The SMILES string of the molecule is CC(C)[C@H]1CCN(C(=O)[C@@H](NC(=O)N[C@H](CN(C)S(C)(=O)=O)C(C)(C)C)C(C)(C)C)[C@@H]1C(=O)N[C@@H](CC(F)F)C(=O)NCCc1ccccc1F. The summed E-state index contributed by atoms with van der Waals surface area (Å²) in [6, 6.07) is 0.722. The fourth-order valence-electron chi connectivity index (χ4n) is 5.98. The number of sulfonamides is 1. The Morgan fingerprint density at radius 2 is 1.59 bits per heavy atom. The molecule has 0 unspecified atom stereocenters. The molecule has 0 saturated carbocycles. The number of alkyl halides is 2. The van der Waals surface area contributed by atoms with Crippen molar-refractivity contribution in [3.05, 3.63) is 35.6 Å². The number of hydrogen-bond donors (Lipinski definition) is 4. The molecule has 0 aliphatic carbocycles. The minimum Gasteiger partial charge on any atom is -0.354 e. The topological polar surface area (TPSA) is 157 Å². The van der Waals surface area contributed by atoms with Gasteiger partial charge < -0.3 is 26.2 Å². The number of urea groups is 1. The molecule has 2 rings (SSSR count). The Bertz CT molecular complexity index is 1480. The van der Waals surface area contributed by atoms with Crippen molar-refractivity contribution < 1.29 is 40.8 Å². The maximum Gasteiger partial charge on any atom is 0.315 e. The van der Waals surface area contributed by atoms with E-state index in [1.165, 1.54) is 24.1 Å². The van der Waals surface area contributed by atoms with Gasteiger partial charge in [-0.25, -0.2) is 30.7 Å².